The average molecular weight is 269 g/mol. The van der Waals surface area contributed by atoms with Gasteiger partial charge in [-0.25, -0.2) is 0 Å². The predicted octanol–water partition coefficient (Wildman–Crippen LogP) is 0.306. The van der Waals surface area contributed by atoms with Crippen LogP contribution >= 0.6 is 0 Å². The van der Waals surface area contributed by atoms with Gasteiger partial charge in [0.15, 0.2) is 0 Å². The summed E-state index contributed by atoms with van der Waals surface area (Å²) in [6, 6.07) is 0.854. The van der Waals surface area contributed by atoms with Gasteiger partial charge in [0, 0.05) is 38.3 Å². The second-order valence-corrected chi connectivity index (χ2v) is 5.85. The van der Waals surface area contributed by atoms with E-state index in [1.165, 1.54) is 12.8 Å². The molecule has 5 heteroatoms. The lowest BCUT2D eigenvalue weighted by Gasteiger charge is -2.39. The molecule has 2 fully saturated rings. The predicted molar refractivity (Wildman–Crippen MR) is 75.1 cm³/mol. The Morgan fingerprint density at radius 3 is 2.74 bits per heavy atom. The van der Waals surface area contributed by atoms with Crippen LogP contribution in [0.25, 0.3) is 0 Å². The van der Waals surface area contributed by atoms with Gasteiger partial charge in [-0.2, -0.15) is 0 Å². The van der Waals surface area contributed by atoms with Crippen molar-refractivity contribution in [2.45, 2.75) is 44.8 Å². The van der Waals surface area contributed by atoms with Crippen LogP contribution in [-0.4, -0.2) is 73.7 Å². The molecule has 0 spiro atoms. The minimum Gasteiger partial charge on any atom is -0.465 e. The zero-order valence-electron chi connectivity index (χ0n) is 12.4. The number of nitrogens with one attached hydrogen (secondary N) is 1. The lowest BCUT2D eigenvalue weighted by Crippen LogP contribution is -2.56. The first-order chi connectivity index (χ1) is 9.10. The summed E-state index contributed by atoms with van der Waals surface area (Å²) in [4.78, 5) is 16.8. The van der Waals surface area contributed by atoms with E-state index in [0.717, 1.165) is 26.2 Å². The molecule has 2 aliphatic rings. The topological polar surface area (TPSA) is 44.8 Å². The number of piperazine rings is 1. The molecule has 5 nitrogen and oxygen atoms in total. The third kappa shape index (κ3) is 4.44. The largest absolute Gasteiger partial charge is 0.465 e. The van der Waals surface area contributed by atoms with Gasteiger partial charge in [0.2, 0.25) is 0 Å². The maximum atomic E-state index is 12.0. The number of rotatable bonds is 6. The van der Waals surface area contributed by atoms with Gasteiger partial charge in [-0.15, -0.1) is 0 Å². The van der Waals surface area contributed by atoms with E-state index in [1.807, 2.05) is 6.92 Å². The van der Waals surface area contributed by atoms with Crippen molar-refractivity contribution >= 4 is 5.97 Å². The fraction of sp³-hybridized carbons (Fsp3) is 0.929. The van der Waals surface area contributed by atoms with Crippen LogP contribution in [0.15, 0.2) is 0 Å². The minimum atomic E-state index is -0.168. The van der Waals surface area contributed by atoms with E-state index in [4.69, 9.17) is 4.74 Å². The molecule has 2 unspecified atom stereocenters. The molecule has 19 heavy (non-hydrogen) atoms. The molecule has 0 radical (unpaired) electrons. The van der Waals surface area contributed by atoms with Crippen molar-refractivity contribution in [3.05, 3.63) is 0 Å². The van der Waals surface area contributed by atoms with Crippen LogP contribution < -0.4 is 5.32 Å². The number of nitrogens with zero attached hydrogens (tertiary/aromatic N) is 2. The Balaban J connectivity index is 1.88. The normalized spacial score (nSPS) is 27.2. The molecule has 2 rings (SSSR count). The molecule has 1 heterocycles. The Morgan fingerprint density at radius 2 is 2.16 bits per heavy atom. The molecule has 0 bridgehead atoms. The lowest BCUT2D eigenvalue weighted by molar-refractivity contribution is -0.146. The highest BCUT2D eigenvalue weighted by atomic mass is 16.5. The Morgan fingerprint density at radius 1 is 1.42 bits per heavy atom. The molecule has 0 aromatic heterocycles. The van der Waals surface area contributed by atoms with Crippen LogP contribution in [0.3, 0.4) is 0 Å². The first-order valence-corrected chi connectivity index (χ1v) is 7.45. The third-order valence-electron chi connectivity index (χ3n) is 3.97. The van der Waals surface area contributed by atoms with E-state index < -0.39 is 0 Å². The fourth-order valence-corrected chi connectivity index (χ4v) is 2.66. The minimum absolute atomic E-state index is 0.0967. The fourth-order valence-electron chi connectivity index (χ4n) is 2.66. The Hall–Kier alpha value is -0.650. The smallest absolute Gasteiger partial charge is 0.324 e. The highest BCUT2D eigenvalue weighted by molar-refractivity contribution is 5.76. The molecule has 1 saturated heterocycles. The Labute approximate surface area is 116 Å². The molecular weight excluding hydrogens is 242 g/mol. The Kier molecular flexibility index (Phi) is 5.19. The van der Waals surface area contributed by atoms with Gasteiger partial charge in [-0.05, 0) is 33.7 Å². The van der Waals surface area contributed by atoms with Gasteiger partial charge in [0.25, 0.3) is 0 Å². The van der Waals surface area contributed by atoms with E-state index >= 15 is 0 Å². The lowest BCUT2D eigenvalue weighted by atomic mass is 10.1. The summed E-state index contributed by atoms with van der Waals surface area (Å²) >= 11 is 0. The van der Waals surface area contributed by atoms with Crippen molar-refractivity contribution in [1.29, 1.82) is 0 Å². The zero-order chi connectivity index (χ0) is 13.8. The first-order valence-electron chi connectivity index (χ1n) is 7.45. The van der Waals surface area contributed by atoms with E-state index in [0.29, 0.717) is 18.7 Å². The monoisotopic (exact) mass is 269 g/mol. The quantitative estimate of drug-likeness (QED) is 0.703. The van der Waals surface area contributed by atoms with E-state index in [2.05, 4.69) is 29.1 Å². The standard InChI is InChI=1S/C14H27N3O2/c1-4-19-14(18)13(15-12-5-6-12)10-17-8-7-16(3)9-11(17)2/h11-13,15H,4-10H2,1-3H3. The number of likely N-dealkylation sites (N-methyl/N-ethyl adjacent to an activating group) is 1. The highest BCUT2D eigenvalue weighted by Gasteiger charge is 2.32. The summed E-state index contributed by atoms with van der Waals surface area (Å²) in [5.74, 6) is -0.0967. The summed E-state index contributed by atoms with van der Waals surface area (Å²) in [7, 11) is 2.15. The van der Waals surface area contributed by atoms with Crippen LogP contribution in [0.1, 0.15) is 26.7 Å². The number of ether oxygens (including phenoxy) is 1. The zero-order valence-corrected chi connectivity index (χ0v) is 12.4. The second kappa shape index (κ2) is 6.68. The van der Waals surface area contributed by atoms with Crippen LogP contribution in [-0.2, 0) is 9.53 Å². The van der Waals surface area contributed by atoms with Crippen molar-refractivity contribution in [2.75, 3.05) is 39.8 Å². The number of esters is 1. The van der Waals surface area contributed by atoms with Crippen LogP contribution in [0.4, 0.5) is 0 Å². The molecule has 1 aliphatic carbocycles. The molecule has 110 valence electrons. The summed E-state index contributed by atoms with van der Waals surface area (Å²) in [6.07, 6.45) is 2.38. The number of carbonyl (C=O) groups excluding carboxylic acids is 1. The molecule has 2 atom stereocenters. The van der Waals surface area contributed by atoms with Crippen molar-refractivity contribution in [2.24, 2.45) is 0 Å². The first kappa shape index (κ1) is 14.8. The molecule has 0 aromatic carbocycles. The summed E-state index contributed by atoms with van der Waals surface area (Å²) < 4.78 is 5.19. The average Bonchev–Trinajstić information content (AvgIpc) is 3.15. The van der Waals surface area contributed by atoms with Gasteiger partial charge in [0.1, 0.15) is 6.04 Å². The van der Waals surface area contributed by atoms with Gasteiger partial charge in [-0.3, -0.25) is 9.69 Å². The van der Waals surface area contributed by atoms with E-state index in [1.54, 1.807) is 0 Å². The molecule has 1 saturated carbocycles. The number of carbonyl (C=O) groups is 1. The molecule has 1 N–H and O–H groups in total. The number of hydrogen-bond acceptors (Lipinski definition) is 5. The highest BCUT2D eigenvalue weighted by Crippen LogP contribution is 2.20. The van der Waals surface area contributed by atoms with Crippen LogP contribution in [0.2, 0.25) is 0 Å². The van der Waals surface area contributed by atoms with Crippen molar-refractivity contribution in [3.63, 3.8) is 0 Å². The maximum absolute atomic E-state index is 12.0. The van der Waals surface area contributed by atoms with Crippen LogP contribution in [0, 0.1) is 0 Å². The molecular formula is C14H27N3O2. The molecule has 0 amide bonds. The van der Waals surface area contributed by atoms with Gasteiger partial charge >= 0.3 is 5.97 Å². The van der Waals surface area contributed by atoms with Gasteiger partial charge < -0.3 is 15.0 Å². The maximum Gasteiger partial charge on any atom is 0.324 e. The SMILES string of the molecule is CCOC(=O)C(CN1CCN(C)CC1C)NC1CC1. The van der Waals surface area contributed by atoms with Crippen molar-refractivity contribution in [1.82, 2.24) is 15.1 Å². The van der Waals surface area contributed by atoms with E-state index in [9.17, 15) is 4.79 Å². The Bertz CT molecular complexity index is 307. The summed E-state index contributed by atoms with van der Waals surface area (Å²) in [5.41, 5.74) is 0. The molecule has 1 aliphatic heterocycles. The van der Waals surface area contributed by atoms with Crippen LogP contribution in [0.5, 0.6) is 0 Å². The van der Waals surface area contributed by atoms with E-state index in [-0.39, 0.29) is 12.0 Å². The third-order valence-corrected chi connectivity index (χ3v) is 3.97. The van der Waals surface area contributed by atoms with Crippen molar-refractivity contribution in [3.8, 4) is 0 Å². The second-order valence-electron chi connectivity index (χ2n) is 5.85. The van der Waals surface area contributed by atoms with Crippen molar-refractivity contribution < 1.29 is 9.53 Å². The number of hydrogen-bond donors (Lipinski definition) is 1. The van der Waals surface area contributed by atoms with Gasteiger partial charge in [0.05, 0.1) is 6.61 Å². The summed E-state index contributed by atoms with van der Waals surface area (Å²) in [5, 5.41) is 3.42. The molecule has 0 aromatic rings. The summed E-state index contributed by atoms with van der Waals surface area (Å²) in [6.45, 7) is 8.49. The van der Waals surface area contributed by atoms with Gasteiger partial charge in [-0.1, -0.05) is 0 Å².